The van der Waals surface area contributed by atoms with Crippen molar-refractivity contribution in [1.29, 1.82) is 0 Å². The Morgan fingerprint density at radius 3 is 2.80 bits per heavy atom. The molecule has 6 heteroatoms. The van der Waals surface area contributed by atoms with Gasteiger partial charge in [0, 0.05) is 25.4 Å². The lowest BCUT2D eigenvalue weighted by molar-refractivity contribution is -0.137. The molecule has 0 unspecified atom stereocenters. The molecular formula is C19H23N3O2S. The summed E-state index contributed by atoms with van der Waals surface area (Å²) in [4.78, 5) is 32.4. The van der Waals surface area contributed by atoms with Gasteiger partial charge < -0.3 is 9.80 Å². The maximum atomic E-state index is 12.4. The highest BCUT2D eigenvalue weighted by molar-refractivity contribution is 7.09. The molecule has 0 aliphatic carbocycles. The summed E-state index contributed by atoms with van der Waals surface area (Å²) in [5.41, 5.74) is 2.14. The van der Waals surface area contributed by atoms with E-state index >= 15 is 0 Å². The summed E-state index contributed by atoms with van der Waals surface area (Å²) >= 11 is 1.58. The summed E-state index contributed by atoms with van der Waals surface area (Å²) in [6, 6.07) is 10.2. The minimum absolute atomic E-state index is 0.0423. The summed E-state index contributed by atoms with van der Waals surface area (Å²) in [6.45, 7) is 3.25. The number of hydrogen-bond donors (Lipinski definition) is 0. The molecule has 1 aliphatic heterocycles. The van der Waals surface area contributed by atoms with E-state index < -0.39 is 0 Å². The van der Waals surface area contributed by atoms with Crippen LogP contribution < -0.4 is 0 Å². The first-order valence-corrected chi connectivity index (χ1v) is 9.36. The lowest BCUT2D eigenvalue weighted by atomic mass is 9.99. The molecule has 2 amide bonds. The van der Waals surface area contributed by atoms with E-state index in [2.05, 4.69) is 17.1 Å². The van der Waals surface area contributed by atoms with E-state index in [1.807, 2.05) is 30.5 Å². The van der Waals surface area contributed by atoms with Crippen molar-refractivity contribution in [1.82, 2.24) is 14.8 Å². The van der Waals surface area contributed by atoms with Crippen LogP contribution in [0.25, 0.3) is 0 Å². The Morgan fingerprint density at radius 1 is 1.36 bits per heavy atom. The fourth-order valence-corrected chi connectivity index (χ4v) is 3.79. The third-order valence-corrected chi connectivity index (χ3v) is 5.30. The maximum Gasteiger partial charge on any atom is 0.242 e. The summed E-state index contributed by atoms with van der Waals surface area (Å²) < 4.78 is 0. The van der Waals surface area contributed by atoms with Crippen molar-refractivity contribution in [2.24, 2.45) is 5.92 Å². The molecule has 1 saturated heterocycles. The molecule has 2 aromatic rings. The Morgan fingerprint density at radius 2 is 2.12 bits per heavy atom. The van der Waals surface area contributed by atoms with Gasteiger partial charge in [0.15, 0.2) is 0 Å². The fraction of sp³-hybridized carbons (Fsp3) is 0.421. The molecule has 1 atom stereocenters. The van der Waals surface area contributed by atoms with Gasteiger partial charge in [0.05, 0.1) is 23.8 Å². The summed E-state index contributed by atoms with van der Waals surface area (Å²) in [5.74, 6) is 0.320. The van der Waals surface area contributed by atoms with Gasteiger partial charge >= 0.3 is 0 Å². The molecule has 3 rings (SSSR count). The average molecular weight is 357 g/mol. The summed E-state index contributed by atoms with van der Waals surface area (Å²) in [6.07, 6.45) is 1.41. The van der Waals surface area contributed by atoms with E-state index in [0.717, 1.165) is 17.1 Å². The Labute approximate surface area is 152 Å². The monoisotopic (exact) mass is 357 g/mol. The Bertz CT molecular complexity index is 744. The summed E-state index contributed by atoms with van der Waals surface area (Å²) in [7, 11) is 1.76. The molecule has 1 aromatic carbocycles. The second kappa shape index (κ2) is 7.78. The quantitative estimate of drug-likeness (QED) is 0.798. The molecule has 0 spiro atoms. The molecule has 1 aromatic heterocycles. The highest BCUT2D eigenvalue weighted by atomic mass is 32.1. The third-order valence-electron chi connectivity index (χ3n) is 4.48. The van der Waals surface area contributed by atoms with Crippen LogP contribution in [0.3, 0.4) is 0 Å². The van der Waals surface area contributed by atoms with Gasteiger partial charge in [-0.2, -0.15) is 0 Å². The van der Waals surface area contributed by atoms with Gasteiger partial charge in [-0.15, -0.1) is 11.3 Å². The van der Waals surface area contributed by atoms with Crippen molar-refractivity contribution in [2.75, 3.05) is 20.1 Å². The van der Waals surface area contributed by atoms with Crippen molar-refractivity contribution in [3.8, 4) is 0 Å². The Hall–Kier alpha value is -2.21. The Balaban J connectivity index is 1.51. The van der Waals surface area contributed by atoms with Crippen LogP contribution >= 0.6 is 11.3 Å². The zero-order valence-corrected chi connectivity index (χ0v) is 15.5. The number of thiazole rings is 1. The molecule has 0 saturated carbocycles. The molecule has 25 heavy (non-hydrogen) atoms. The predicted octanol–water partition coefficient (Wildman–Crippen LogP) is 2.50. The molecule has 1 aliphatic rings. The van der Waals surface area contributed by atoms with E-state index in [9.17, 15) is 9.59 Å². The summed E-state index contributed by atoms with van der Waals surface area (Å²) in [5, 5.41) is 2.96. The first-order valence-electron chi connectivity index (χ1n) is 8.48. The Kier molecular flexibility index (Phi) is 5.48. The van der Waals surface area contributed by atoms with Crippen LogP contribution in [-0.2, 0) is 22.6 Å². The molecule has 0 N–H and O–H groups in total. The number of nitrogens with zero attached hydrogens (tertiary/aromatic N) is 3. The van der Waals surface area contributed by atoms with Gasteiger partial charge in [0.1, 0.15) is 0 Å². The molecule has 2 heterocycles. The van der Waals surface area contributed by atoms with E-state index in [0.29, 0.717) is 19.5 Å². The first kappa shape index (κ1) is 17.6. The lowest BCUT2D eigenvalue weighted by Gasteiger charge is -2.21. The molecule has 5 nitrogen and oxygen atoms in total. The number of likely N-dealkylation sites (N-methyl/N-ethyl adjacent to an activating group) is 1. The van der Waals surface area contributed by atoms with Crippen molar-refractivity contribution in [3.63, 3.8) is 0 Å². The topological polar surface area (TPSA) is 53.5 Å². The van der Waals surface area contributed by atoms with Crippen LogP contribution in [0.5, 0.6) is 0 Å². The van der Waals surface area contributed by atoms with Gasteiger partial charge in [0.2, 0.25) is 11.8 Å². The minimum atomic E-state index is -0.0423. The van der Waals surface area contributed by atoms with Crippen LogP contribution in [0, 0.1) is 12.8 Å². The van der Waals surface area contributed by atoms with Crippen LogP contribution in [0.4, 0.5) is 0 Å². The van der Waals surface area contributed by atoms with Crippen LogP contribution in [0.1, 0.15) is 22.7 Å². The van der Waals surface area contributed by atoms with Gasteiger partial charge in [0.25, 0.3) is 0 Å². The maximum absolute atomic E-state index is 12.4. The number of rotatable bonds is 6. The highest BCUT2D eigenvalue weighted by Crippen LogP contribution is 2.22. The fourth-order valence-electron chi connectivity index (χ4n) is 3.19. The molecule has 132 valence electrons. The first-order chi connectivity index (χ1) is 12.0. The molecular weight excluding hydrogens is 334 g/mol. The number of likely N-dealkylation sites (tertiary alicyclic amines) is 1. The van der Waals surface area contributed by atoms with Gasteiger partial charge in [-0.1, -0.05) is 30.3 Å². The van der Waals surface area contributed by atoms with E-state index in [4.69, 9.17) is 0 Å². The number of hydrogen-bond acceptors (Lipinski definition) is 4. The number of amides is 2. The average Bonchev–Trinajstić information content (AvgIpc) is 3.14. The molecule has 0 radical (unpaired) electrons. The van der Waals surface area contributed by atoms with E-state index in [-0.39, 0.29) is 24.3 Å². The largest absolute Gasteiger partial charge is 0.338 e. The van der Waals surface area contributed by atoms with Gasteiger partial charge in [-0.05, 0) is 24.8 Å². The second-order valence-electron chi connectivity index (χ2n) is 6.64. The van der Waals surface area contributed by atoms with Crippen LogP contribution in [0.2, 0.25) is 0 Å². The van der Waals surface area contributed by atoms with E-state index in [1.165, 1.54) is 5.56 Å². The van der Waals surface area contributed by atoms with Crippen LogP contribution in [-0.4, -0.2) is 46.7 Å². The lowest BCUT2D eigenvalue weighted by Crippen LogP contribution is -2.39. The number of aryl methyl sites for hydroxylation is 1. The van der Waals surface area contributed by atoms with Crippen molar-refractivity contribution in [3.05, 3.63) is 52.0 Å². The zero-order chi connectivity index (χ0) is 17.8. The van der Waals surface area contributed by atoms with Crippen molar-refractivity contribution >= 4 is 23.2 Å². The number of carbonyl (C=O) groups is 2. The number of carbonyl (C=O) groups excluding carboxylic acids is 2. The van der Waals surface area contributed by atoms with Crippen molar-refractivity contribution < 1.29 is 9.59 Å². The second-order valence-corrected chi connectivity index (χ2v) is 7.70. The van der Waals surface area contributed by atoms with Crippen molar-refractivity contribution in [2.45, 2.75) is 26.3 Å². The third kappa shape index (κ3) is 4.66. The van der Waals surface area contributed by atoms with E-state index in [1.54, 1.807) is 28.2 Å². The normalized spacial score (nSPS) is 17.1. The zero-order valence-electron chi connectivity index (χ0n) is 14.6. The van der Waals surface area contributed by atoms with Crippen LogP contribution in [0.15, 0.2) is 35.7 Å². The molecule has 0 bridgehead atoms. The number of aromatic nitrogens is 1. The smallest absolute Gasteiger partial charge is 0.242 e. The SMILES string of the molecule is Cc1nc(CN(C)C(=O)CN2C[C@H](Cc3ccccc3)CC2=O)cs1. The van der Waals surface area contributed by atoms with Gasteiger partial charge in [-0.3, -0.25) is 9.59 Å². The molecule has 1 fully saturated rings. The minimum Gasteiger partial charge on any atom is -0.338 e. The standard InChI is InChI=1S/C19H23N3O2S/c1-14-20-17(13-25-14)11-21(2)19(24)12-22-10-16(9-18(22)23)8-15-6-4-3-5-7-15/h3-7,13,16H,8-12H2,1-2H3/t16-/m1/s1. The van der Waals surface area contributed by atoms with Gasteiger partial charge in [-0.25, -0.2) is 4.98 Å². The highest BCUT2D eigenvalue weighted by Gasteiger charge is 2.31. The number of benzene rings is 1. The predicted molar refractivity (Wildman–Crippen MR) is 98.2 cm³/mol.